The van der Waals surface area contributed by atoms with Crippen molar-refractivity contribution in [3.63, 3.8) is 0 Å². The summed E-state index contributed by atoms with van der Waals surface area (Å²) >= 11 is 0. The number of carbonyl (C=O) groups is 3. The van der Waals surface area contributed by atoms with Crippen LogP contribution in [0.4, 0.5) is 5.69 Å². The third-order valence-corrected chi connectivity index (χ3v) is 9.25. The lowest BCUT2D eigenvalue weighted by atomic mass is 10.1. The molecule has 0 spiro atoms. The van der Waals surface area contributed by atoms with Crippen LogP contribution in [0.5, 0.6) is 11.5 Å². The first-order valence-electron chi connectivity index (χ1n) is 16.8. The van der Waals surface area contributed by atoms with Crippen LogP contribution in [0.2, 0.25) is 0 Å². The first-order valence-corrected chi connectivity index (χ1v) is 16.8. The number of rotatable bonds is 6. The van der Waals surface area contributed by atoms with Crippen LogP contribution in [0.3, 0.4) is 0 Å². The Bertz CT molecular complexity index is 2140. The van der Waals surface area contributed by atoms with Gasteiger partial charge in [-0.2, -0.15) is 0 Å². The quantitative estimate of drug-likeness (QED) is 0.271. The number of fused-ring (bicyclic) bond motifs is 3. The highest BCUT2D eigenvalue weighted by Gasteiger charge is 2.26. The molecule has 0 saturated carbocycles. The minimum absolute atomic E-state index is 0.0513. The molecule has 2 fully saturated rings. The minimum atomic E-state index is -0.649. The highest BCUT2D eigenvalue weighted by atomic mass is 16.7. The lowest BCUT2D eigenvalue weighted by Gasteiger charge is -2.37. The summed E-state index contributed by atoms with van der Waals surface area (Å²) in [5, 5.41) is 5.49. The molecule has 256 valence electrons. The van der Waals surface area contributed by atoms with E-state index in [1.54, 1.807) is 4.90 Å². The van der Waals surface area contributed by atoms with Crippen molar-refractivity contribution in [2.24, 2.45) is 0 Å². The van der Waals surface area contributed by atoms with Crippen LogP contribution in [0.25, 0.3) is 21.7 Å². The average Bonchev–Trinajstić information content (AvgIpc) is 3.78. The molecule has 5 aromatic rings. The second-order valence-corrected chi connectivity index (χ2v) is 12.6. The zero-order chi connectivity index (χ0) is 34.6. The molecule has 0 atom stereocenters. The van der Waals surface area contributed by atoms with Crippen LogP contribution in [0.1, 0.15) is 34.5 Å². The summed E-state index contributed by atoms with van der Waals surface area (Å²) in [6.07, 6.45) is 1.51. The number of piperazine rings is 1. The zero-order valence-corrected chi connectivity index (χ0v) is 27.9. The molecule has 3 amide bonds. The second-order valence-electron chi connectivity index (χ2n) is 12.6. The van der Waals surface area contributed by atoms with Gasteiger partial charge in [0.1, 0.15) is 5.58 Å². The largest absolute Gasteiger partial charge is 0.454 e. The molecule has 3 aliphatic heterocycles. The van der Waals surface area contributed by atoms with E-state index >= 15 is 0 Å². The number of hydrogen-bond donors (Lipinski definition) is 1. The first-order chi connectivity index (χ1) is 24.3. The van der Waals surface area contributed by atoms with Crippen LogP contribution in [0.15, 0.2) is 94.1 Å². The average molecular weight is 675 g/mol. The number of para-hydroxylation sites is 1. The maximum absolute atomic E-state index is 12.8. The number of ether oxygens (including phenoxy) is 2. The van der Waals surface area contributed by atoms with Crippen LogP contribution < -0.4 is 25.1 Å². The van der Waals surface area contributed by atoms with Crippen molar-refractivity contribution in [3.05, 3.63) is 112 Å². The van der Waals surface area contributed by atoms with Crippen molar-refractivity contribution in [1.29, 1.82) is 0 Å². The van der Waals surface area contributed by atoms with Gasteiger partial charge in [-0.25, -0.2) is 0 Å². The normalized spacial score (nSPS) is 15.3. The fraction of sp³-hybridized carbons (Fsp3) is 0.282. The monoisotopic (exact) mass is 674 g/mol. The van der Waals surface area contributed by atoms with Gasteiger partial charge in [-0.3, -0.25) is 19.2 Å². The Morgan fingerprint density at radius 2 is 1.54 bits per heavy atom. The second kappa shape index (κ2) is 14.3. The Morgan fingerprint density at radius 1 is 0.800 bits per heavy atom. The molecule has 1 N–H and O–H groups in total. The number of nitrogens with one attached hydrogen (secondary N) is 1. The van der Waals surface area contributed by atoms with E-state index in [1.165, 1.54) is 28.5 Å². The number of anilines is 1. The number of amides is 3. The van der Waals surface area contributed by atoms with Crippen LogP contribution in [0, 0.1) is 6.92 Å². The van der Waals surface area contributed by atoms with Gasteiger partial charge in [-0.05, 0) is 41.8 Å². The van der Waals surface area contributed by atoms with Gasteiger partial charge in [0.15, 0.2) is 22.7 Å². The predicted octanol–water partition coefficient (Wildman–Crippen LogP) is 4.87. The standard InChI is InChI=1S/C28H28N4O7.C11H10/c33-21-13-25(39-22-14-24-23(12-19(21)22)37-17-38-24)28(36)29-15-27(35)31-10-8-30(9-11-31)20-5-2-1-4-18(20)16-32-7-3-6-26(32)34;1-9-6-7-10-4-2-3-5-11(10)8-9/h1-2,4-5,12-14H,3,6-11,15-17H2,(H,29,36);2-8H,1H3. The predicted molar refractivity (Wildman–Crippen MR) is 190 cm³/mol. The van der Waals surface area contributed by atoms with Gasteiger partial charge in [0, 0.05) is 63.5 Å². The van der Waals surface area contributed by atoms with E-state index in [1.807, 2.05) is 23.1 Å². The van der Waals surface area contributed by atoms with Gasteiger partial charge in [-0.1, -0.05) is 66.2 Å². The molecule has 1 aromatic heterocycles. The van der Waals surface area contributed by atoms with E-state index in [9.17, 15) is 19.2 Å². The summed E-state index contributed by atoms with van der Waals surface area (Å²) < 4.78 is 16.2. The third kappa shape index (κ3) is 7.12. The number of benzene rings is 4. The molecule has 4 aromatic carbocycles. The number of nitrogens with zero attached hydrogens (tertiary/aromatic N) is 3. The van der Waals surface area contributed by atoms with Crippen molar-refractivity contribution < 1.29 is 28.3 Å². The molecule has 0 bridgehead atoms. The van der Waals surface area contributed by atoms with E-state index in [4.69, 9.17) is 13.9 Å². The Hall–Kier alpha value is -5.84. The number of carbonyl (C=O) groups excluding carboxylic acids is 3. The third-order valence-electron chi connectivity index (χ3n) is 9.25. The maximum atomic E-state index is 12.8. The molecule has 50 heavy (non-hydrogen) atoms. The maximum Gasteiger partial charge on any atom is 0.287 e. The number of hydrogen-bond acceptors (Lipinski definition) is 8. The van der Waals surface area contributed by atoms with Gasteiger partial charge in [0.05, 0.1) is 11.9 Å². The molecule has 3 aliphatic rings. The van der Waals surface area contributed by atoms with Gasteiger partial charge < -0.3 is 33.9 Å². The summed E-state index contributed by atoms with van der Waals surface area (Å²) in [5.74, 6) is 0.0245. The van der Waals surface area contributed by atoms with Gasteiger partial charge in [0.25, 0.3) is 5.91 Å². The van der Waals surface area contributed by atoms with Crippen LogP contribution >= 0.6 is 0 Å². The van der Waals surface area contributed by atoms with E-state index in [2.05, 4.69) is 65.7 Å². The van der Waals surface area contributed by atoms with E-state index < -0.39 is 11.3 Å². The zero-order valence-electron chi connectivity index (χ0n) is 27.9. The molecule has 11 heteroatoms. The van der Waals surface area contributed by atoms with E-state index in [0.717, 1.165) is 30.3 Å². The summed E-state index contributed by atoms with van der Waals surface area (Å²) in [7, 11) is 0. The number of aryl methyl sites for hydroxylation is 1. The molecule has 8 rings (SSSR count). The SMILES string of the molecule is Cc1ccc2ccccc2c1.O=C(NCC(=O)N1CCN(c2ccccc2CN2CCCC2=O)CC1)c1cc(=O)c2cc3c(cc2o1)OCO3. The fourth-order valence-electron chi connectivity index (χ4n) is 6.55. The topological polar surface area (TPSA) is 122 Å². The molecule has 4 heterocycles. The molecule has 0 aliphatic carbocycles. The fourth-order valence-corrected chi connectivity index (χ4v) is 6.55. The molecule has 0 unspecified atom stereocenters. The lowest BCUT2D eigenvalue weighted by molar-refractivity contribution is -0.130. The number of likely N-dealkylation sites (tertiary alicyclic amines) is 1. The Kier molecular flexibility index (Phi) is 9.37. The van der Waals surface area contributed by atoms with Crippen molar-refractivity contribution in [2.75, 3.05) is 51.0 Å². The summed E-state index contributed by atoms with van der Waals surface area (Å²) in [6.45, 7) is 5.62. The van der Waals surface area contributed by atoms with Crippen LogP contribution in [-0.4, -0.2) is 73.6 Å². The van der Waals surface area contributed by atoms with Gasteiger partial charge in [-0.15, -0.1) is 0 Å². The summed E-state index contributed by atoms with van der Waals surface area (Å²) in [5.41, 5.74) is 3.31. The smallest absolute Gasteiger partial charge is 0.287 e. The molecule has 11 nitrogen and oxygen atoms in total. The Labute approximate surface area is 289 Å². The lowest BCUT2D eigenvalue weighted by Crippen LogP contribution is -2.51. The molecule has 2 saturated heterocycles. The van der Waals surface area contributed by atoms with Crippen molar-refractivity contribution >= 4 is 45.2 Å². The van der Waals surface area contributed by atoms with Crippen molar-refractivity contribution in [2.45, 2.75) is 26.3 Å². The highest BCUT2D eigenvalue weighted by Crippen LogP contribution is 2.35. The van der Waals surface area contributed by atoms with Crippen molar-refractivity contribution in [3.8, 4) is 11.5 Å². The molecular weight excluding hydrogens is 636 g/mol. The van der Waals surface area contributed by atoms with Crippen molar-refractivity contribution in [1.82, 2.24) is 15.1 Å². The summed E-state index contributed by atoms with van der Waals surface area (Å²) in [6, 6.07) is 27.1. The van der Waals surface area contributed by atoms with Gasteiger partial charge >= 0.3 is 0 Å². The van der Waals surface area contributed by atoms with Crippen LogP contribution in [-0.2, 0) is 16.1 Å². The van der Waals surface area contributed by atoms with E-state index in [0.29, 0.717) is 50.6 Å². The Morgan fingerprint density at radius 3 is 2.32 bits per heavy atom. The highest BCUT2D eigenvalue weighted by molar-refractivity contribution is 5.95. The molecular formula is C39H38N4O7. The van der Waals surface area contributed by atoms with Gasteiger partial charge in [0.2, 0.25) is 18.6 Å². The Balaban J connectivity index is 0.000000302. The first kappa shape index (κ1) is 32.7. The summed E-state index contributed by atoms with van der Waals surface area (Å²) in [4.78, 5) is 56.0. The van der Waals surface area contributed by atoms with E-state index in [-0.39, 0.29) is 41.9 Å². The minimum Gasteiger partial charge on any atom is -0.454 e. The molecule has 0 radical (unpaired) electrons.